The van der Waals surface area contributed by atoms with Gasteiger partial charge in [0.1, 0.15) is 0 Å². The number of alkyl halides is 18. The van der Waals surface area contributed by atoms with Crippen molar-refractivity contribution in [2.45, 2.75) is 53.9 Å². The molecule has 0 saturated carbocycles. The summed E-state index contributed by atoms with van der Waals surface area (Å²) in [6.45, 7) is -9.43. The molecule has 0 N–H and O–H groups in total. The summed E-state index contributed by atoms with van der Waals surface area (Å²) in [6, 6.07) is 0.458. The summed E-state index contributed by atoms with van der Waals surface area (Å²) in [4.78, 5) is 0. The van der Waals surface area contributed by atoms with Crippen molar-refractivity contribution >= 4 is 17.2 Å². The van der Waals surface area contributed by atoms with Gasteiger partial charge in [-0.3, -0.25) is 0 Å². The SMILES string of the molecule is FC(F)(F)C1(C(F)(F)F)C[P-]23(O1)(OC(C(F)(F)F)(C(F)(F)F)c1ccccc12)OC(C(F)(F)F)(C(F)(F)F)c1ccccc13.[K+]. The van der Waals surface area contributed by atoms with Crippen LogP contribution in [-0.2, 0) is 24.8 Å². The van der Waals surface area contributed by atoms with Gasteiger partial charge >= 0.3 is 281 Å². The zero-order valence-electron chi connectivity index (χ0n) is 21.3. The number of benzene rings is 2. The molecule has 248 valence electrons. The predicted octanol–water partition coefficient (Wildman–Crippen LogP) is 5.07. The van der Waals surface area contributed by atoms with Crippen LogP contribution in [0.25, 0.3) is 0 Å². The zero-order chi connectivity index (χ0) is 33.7. The maximum absolute atomic E-state index is 14.6. The van der Waals surface area contributed by atoms with E-state index in [1.165, 1.54) is 0 Å². The minimum atomic E-state index is -9.43. The molecule has 0 bridgehead atoms. The molecule has 3 nitrogen and oxygen atoms in total. The Morgan fingerprint density at radius 2 is 0.711 bits per heavy atom. The van der Waals surface area contributed by atoms with Gasteiger partial charge in [0.15, 0.2) is 0 Å². The number of fused-ring (bicyclic) bond motifs is 2. The molecule has 0 amide bonds. The maximum Gasteiger partial charge on any atom is 1.00 e. The van der Waals surface area contributed by atoms with E-state index in [1.807, 2.05) is 0 Å². The third-order valence-corrected chi connectivity index (χ3v) is 14.5. The first kappa shape index (κ1) is 37.0. The summed E-state index contributed by atoms with van der Waals surface area (Å²) in [5, 5.41) is -4.59. The van der Waals surface area contributed by atoms with Gasteiger partial charge in [0, 0.05) is 0 Å². The Labute approximate surface area is 279 Å². The summed E-state index contributed by atoms with van der Waals surface area (Å²) in [7, 11) is 0. The molecular formula is C22H10F18KO3P. The quantitative estimate of drug-likeness (QED) is 0.215. The molecule has 0 aliphatic carbocycles. The van der Waals surface area contributed by atoms with E-state index < -0.39 is 88.4 Å². The molecule has 2 aromatic rings. The average Bonchev–Trinajstić information content (AvgIpc) is 3.22. The van der Waals surface area contributed by atoms with Gasteiger partial charge in [0.05, 0.1) is 0 Å². The van der Waals surface area contributed by atoms with Crippen LogP contribution in [-0.4, -0.2) is 48.8 Å². The standard InChI is InChI=1S/C22H10F18O3P.K/c23-17(24,25)14(18(26,27)28)9-44(41-14,12-7-3-1-5-10(12)15(42-44,19(29,30)31)20(32,33)34)13-8-4-2-6-11(13)16(43-44,21(35,36)37)22(38,39)40;/h1-8H,9H2;/q-1;+1. The first-order valence-electron chi connectivity index (χ1n) is 11.3. The molecule has 45 heavy (non-hydrogen) atoms. The van der Waals surface area contributed by atoms with E-state index in [-0.39, 0.29) is 75.7 Å². The summed E-state index contributed by atoms with van der Waals surface area (Å²) >= 11 is 0. The van der Waals surface area contributed by atoms with Crippen molar-refractivity contribution in [1.82, 2.24) is 0 Å². The normalized spacial score (nSPS) is 25.6. The van der Waals surface area contributed by atoms with E-state index in [4.69, 9.17) is 0 Å². The van der Waals surface area contributed by atoms with E-state index in [0.29, 0.717) is 24.3 Å². The monoisotopic (exact) mass is 734 g/mol. The molecule has 1 spiro atoms. The van der Waals surface area contributed by atoms with E-state index >= 15 is 0 Å². The molecule has 3 heterocycles. The van der Waals surface area contributed by atoms with Crippen molar-refractivity contribution in [3.05, 3.63) is 59.7 Å². The zero-order valence-corrected chi connectivity index (χ0v) is 25.3. The van der Waals surface area contributed by atoms with Gasteiger partial charge < -0.3 is 0 Å². The third-order valence-electron chi connectivity index (χ3n) is 7.95. The smallest absolute Gasteiger partial charge is 1.00 e. The summed E-state index contributed by atoms with van der Waals surface area (Å²) in [5.41, 5.74) is -23.3. The molecule has 23 heteroatoms. The van der Waals surface area contributed by atoms with Crippen LogP contribution < -0.4 is 62.0 Å². The van der Waals surface area contributed by atoms with E-state index in [2.05, 4.69) is 13.6 Å². The van der Waals surface area contributed by atoms with Crippen molar-refractivity contribution < 1.29 is 144 Å². The molecular weight excluding hydrogens is 724 g/mol. The van der Waals surface area contributed by atoms with E-state index in [1.54, 1.807) is 0 Å². The third kappa shape index (κ3) is 3.77. The minimum Gasteiger partial charge on any atom is 1.00 e. The van der Waals surface area contributed by atoms with Gasteiger partial charge in [0.25, 0.3) is 0 Å². The topological polar surface area (TPSA) is 27.7 Å². The fourth-order valence-electron chi connectivity index (χ4n) is 6.46. The summed E-state index contributed by atoms with van der Waals surface area (Å²) < 4.78 is 273. The van der Waals surface area contributed by atoms with Crippen LogP contribution >= 0.6 is 6.63 Å². The van der Waals surface area contributed by atoms with Gasteiger partial charge in [-0.25, -0.2) is 0 Å². The molecule has 1 saturated heterocycles. The molecule has 0 radical (unpaired) electrons. The Morgan fingerprint density at radius 3 is 0.956 bits per heavy atom. The van der Waals surface area contributed by atoms with Crippen molar-refractivity contribution in [3.63, 3.8) is 0 Å². The number of halogens is 18. The Kier molecular flexibility index (Phi) is 7.41. The molecule has 1 fully saturated rings. The molecule has 0 atom stereocenters. The van der Waals surface area contributed by atoms with Gasteiger partial charge in [-0.1, -0.05) is 0 Å². The Bertz CT molecular complexity index is 1420. The van der Waals surface area contributed by atoms with Crippen LogP contribution in [0.15, 0.2) is 48.5 Å². The maximum atomic E-state index is 14.6. The first-order valence-corrected chi connectivity index (χ1v) is 14.0. The average molecular weight is 734 g/mol. The molecule has 0 aromatic heterocycles. The summed E-state index contributed by atoms with van der Waals surface area (Å²) in [6.07, 6.45) is -45.6. The van der Waals surface area contributed by atoms with Crippen LogP contribution in [0.3, 0.4) is 0 Å². The van der Waals surface area contributed by atoms with E-state index in [0.717, 1.165) is 0 Å². The minimum absolute atomic E-state index is 0. The predicted molar refractivity (Wildman–Crippen MR) is 110 cm³/mol. The Morgan fingerprint density at radius 1 is 0.444 bits per heavy atom. The van der Waals surface area contributed by atoms with Crippen molar-refractivity contribution in [2.24, 2.45) is 0 Å². The number of hydrogen-bond acceptors (Lipinski definition) is 3. The van der Waals surface area contributed by atoms with Crippen LogP contribution in [0.2, 0.25) is 0 Å². The van der Waals surface area contributed by atoms with Gasteiger partial charge in [-0.05, 0) is 0 Å². The van der Waals surface area contributed by atoms with Crippen LogP contribution in [0.5, 0.6) is 0 Å². The van der Waals surface area contributed by atoms with E-state index in [9.17, 15) is 79.0 Å². The first-order chi connectivity index (χ1) is 19.4. The summed E-state index contributed by atoms with van der Waals surface area (Å²) in [5.74, 6) is 0. The van der Waals surface area contributed by atoms with Crippen LogP contribution in [0.1, 0.15) is 11.1 Å². The van der Waals surface area contributed by atoms with Crippen molar-refractivity contribution in [2.75, 3.05) is 6.16 Å². The largest absolute Gasteiger partial charge is 1.00 e. The van der Waals surface area contributed by atoms with Gasteiger partial charge in [0.2, 0.25) is 0 Å². The van der Waals surface area contributed by atoms with Gasteiger partial charge in [-0.15, -0.1) is 0 Å². The molecule has 2 aromatic carbocycles. The second kappa shape index (κ2) is 9.02. The van der Waals surface area contributed by atoms with Crippen LogP contribution in [0.4, 0.5) is 79.0 Å². The molecule has 3 aliphatic rings. The molecule has 0 unspecified atom stereocenters. The fraction of sp³-hybridized carbons (Fsp3) is 0.455. The van der Waals surface area contributed by atoms with Crippen molar-refractivity contribution in [3.8, 4) is 0 Å². The van der Waals surface area contributed by atoms with Crippen molar-refractivity contribution in [1.29, 1.82) is 0 Å². The Balaban J connectivity index is 0.00000461. The number of hydrogen-bond donors (Lipinski definition) is 0. The fourth-order valence-corrected chi connectivity index (χ4v) is 14.7. The Hall–Kier alpha value is -0.874. The number of rotatable bonds is 0. The second-order valence-electron chi connectivity index (χ2n) is 10.2. The van der Waals surface area contributed by atoms with Crippen LogP contribution in [0, 0.1) is 0 Å². The molecule has 3 aliphatic heterocycles. The second-order valence-corrected chi connectivity index (χ2v) is 15.2. The molecule has 5 rings (SSSR count). The van der Waals surface area contributed by atoms with Gasteiger partial charge in [-0.2, -0.15) is 0 Å².